The molecule has 1 aromatic rings. The van der Waals surface area contributed by atoms with Crippen molar-refractivity contribution in [1.29, 1.82) is 0 Å². The van der Waals surface area contributed by atoms with Gasteiger partial charge in [0.05, 0.1) is 6.04 Å². The predicted molar refractivity (Wildman–Crippen MR) is 66.3 cm³/mol. The molecule has 0 saturated heterocycles. The fourth-order valence-electron chi connectivity index (χ4n) is 1.35. The van der Waals surface area contributed by atoms with E-state index in [4.69, 9.17) is 0 Å². The molecule has 90 valence electrons. The molecule has 1 amide bonds. The average Bonchev–Trinajstić information content (AvgIpc) is 2.63. The van der Waals surface area contributed by atoms with Crippen LogP contribution in [0.4, 0.5) is 0 Å². The Hall–Kier alpha value is -0.870. The van der Waals surface area contributed by atoms with Gasteiger partial charge in [-0.2, -0.15) is 0 Å². The third kappa shape index (κ3) is 3.32. The predicted octanol–water partition coefficient (Wildman–Crippen LogP) is 2.33. The van der Waals surface area contributed by atoms with Crippen LogP contribution in [0.2, 0.25) is 0 Å². The van der Waals surface area contributed by atoms with Crippen LogP contribution in [0.1, 0.15) is 38.6 Å². The highest BCUT2D eigenvalue weighted by atomic mass is 32.1. The van der Waals surface area contributed by atoms with Gasteiger partial charge in [-0.25, -0.2) is 0 Å². The van der Waals surface area contributed by atoms with Gasteiger partial charge in [0.15, 0.2) is 0 Å². The molecule has 1 atom stereocenters. The molecule has 0 bridgehead atoms. The largest absolute Gasteiger partial charge is 0.381 e. The molecule has 3 nitrogen and oxygen atoms in total. The summed E-state index contributed by atoms with van der Waals surface area (Å²) in [6.45, 7) is 7.09. The lowest BCUT2D eigenvalue weighted by molar-refractivity contribution is -0.137. The minimum atomic E-state index is -1.33. The van der Waals surface area contributed by atoms with E-state index in [1.165, 1.54) is 13.8 Å². The minimum Gasteiger partial charge on any atom is -0.381 e. The van der Waals surface area contributed by atoms with Crippen molar-refractivity contribution in [3.63, 3.8) is 0 Å². The smallest absolute Gasteiger partial charge is 0.251 e. The molecule has 0 aliphatic heterocycles. The Morgan fingerprint density at radius 1 is 1.50 bits per heavy atom. The monoisotopic (exact) mass is 241 g/mol. The zero-order valence-electron chi connectivity index (χ0n) is 10.2. The Labute approximate surface area is 100 Å². The van der Waals surface area contributed by atoms with Crippen molar-refractivity contribution in [1.82, 2.24) is 5.32 Å². The minimum absolute atomic E-state index is 0.0288. The maximum atomic E-state index is 11.7. The zero-order chi connectivity index (χ0) is 12.3. The van der Waals surface area contributed by atoms with Crippen molar-refractivity contribution in [3.8, 4) is 0 Å². The quantitative estimate of drug-likeness (QED) is 0.850. The van der Waals surface area contributed by atoms with Gasteiger partial charge in [-0.15, -0.1) is 11.3 Å². The first-order chi connectivity index (χ1) is 7.32. The standard InChI is InChI=1S/C12H19NO2S/c1-8(2)10(9-6-5-7-16-9)13-11(14)12(3,4)15/h5-8,10,15H,1-4H3,(H,13,14). The Morgan fingerprint density at radius 2 is 2.12 bits per heavy atom. The molecule has 1 aromatic heterocycles. The maximum Gasteiger partial charge on any atom is 0.251 e. The number of aliphatic hydroxyl groups is 1. The third-order valence-electron chi connectivity index (χ3n) is 2.36. The fourth-order valence-corrected chi connectivity index (χ4v) is 2.30. The van der Waals surface area contributed by atoms with Crippen LogP contribution in [0.5, 0.6) is 0 Å². The van der Waals surface area contributed by atoms with Crippen molar-refractivity contribution in [2.75, 3.05) is 0 Å². The summed E-state index contributed by atoms with van der Waals surface area (Å²) >= 11 is 1.62. The molecule has 1 unspecified atom stereocenters. The van der Waals surface area contributed by atoms with Gasteiger partial charge in [0, 0.05) is 4.88 Å². The number of hydrogen-bond acceptors (Lipinski definition) is 3. The van der Waals surface area contributed by atoms with Gasteiger partial charge >= 0.3 is 0 Å². The molecule has 0 aliphatic carbocycles. The van der Waals surface area contributed by atoms with Crippen LogP contribution in [0.15, 0.2) is 17.5 Å². The van der Waals surface area contributed by atoms with Crippen LogP contribution < -0.4 is 5.32 Å². The van der Waals surface area contributed by atoms with Gasteiger partial charge in [0.2, 0.25) is 0 Å². The molecule has 0 aromatic carbocycles. The topological polar surface area (TPSA) is 49.3 Å². The van der Waals surface area contributed by atoms with E-state index in [1.807, 2.05) is 17.5 Å². The summed E-state index contributed by atoms with van der Waals surface area (Å²) in [5, 5.41) is 14.5. The molecule has 4 heteroatoms. The van der Waals surface area contributed by atoms with Gasteiger partial charge < -0.3 is 10.4 Å². The second-order valence-electron chi connectivity index (χ2n) is 4.77. The van der Waals surface area contributed by atoms with E-state index in [2.05, 4.69) is 19.2 Å². The summed E-state index contributed by atoms with van der Waals surface area (Å²) in [6.07, 6.45) is 0. The van der Waals surface area contributed by atoms with Crippen LogP contribution in [-0.2, 0) is 4.79 Å². The molecule has 0 fully saturated rings. The second-order valence-corrected chi connectivity index (χ2v) is 5.75. The van der Waals surface area contributed by atoms with E-state index in [0.717, 1.165) is 4.88 Å². The first-order valence-electron chi connectivity index (χ1n) is 5.39. The Kier molecular flexibility index (Phi) is 4.10. The van der Waals surface area contributed by atoms with Crippen LogP contribution in [0.25, 0.3) is 0 Å². The van der Waals surface area contributed by atoms with Crippen molar-refractivity contribution in [2.45, 2.75) is 39.3 Å². The second kappa shape index (κ2) is 4.97. The highest BCUT2D eigenvalue weighted by Gasteiger charge is 2.28. The number of rotatable bonds is 4. The molecule has 16 heavy (non-hydrogen) atoms. The molecule has 0 saturated carbocycles. The number of carbonyl (C=O) groups is 1. The van der Waals surface area contributed by atoms with Gasteiger partial charge in [-0.1, -0.05) is 19.9 Å². The first kappa shape index (κ1) is 13.2. The van der Waals surface area contributed by atoms with E-state index < -0.39 is 5.60 Å². The Bertz CT molecular complexity index is 338. The lowest BCUT2D eigenvalue weighted by Gasteiger charge is -2.25. The highest BCUT2D eigenvalue weighted by molar-refractivity contribution is 7.10. The normalized spacial score (nSPS) is 13.9. The molecular formula is C12H19NO2S. The summed E-state index contributed by atoms with van der Waals surface area (Å²) in [5.74, 6) is -0.0375. The van der Waals surface area contributed by atoms with Crippen LogP contribution in [0.3, 0.4) is 0 Å². The van der Waals surface area contributed by atoms with E-state index in [9.17, 15) is 9.90 Å². The SMILES string of the molecule is CC(C)C(NC(=O)C(C)(C)O)c1cccs1. The molecule has 1 heterocycles. The first-order valence-corrected chi connectivity index (χ1v) is 6.27. The number of carbonyl (C=O) groups excluding carboxylic acids is 1. The van der Waals surface area contributed by atoms with E-state index in [-0.39, 0.29) is 11.9 Å². The van der Waals surface area contributed by atoms with Gasteiger partial charge in [0.25, 0.3) is 5.91 Å². The van der Waals surface area contributed by atoms with Crippen LogP contribution in [-0.4, -0.2) is 16.6 Å². The summed E-state index contributed by atoms with van der Waals surface area (Å²) < 4.78 is 0. The summed E-state index contributed by atoms with van der Waals surface area (Å²) in [7, 11) is 0. The highest BCUT2D eigenvalue weighted by Crippen LogP contribution is 2.26. The third-order valence-corrected chi connectivity index (χ3v) is 3.31. The number of thiophene rings is 1. The van der Waals surface area contributed by atoms with E-state index in [1.54, 1.807) is 11.3 Å². The average molecular weight is 241 g/mol. The maximum absolute atomic E-state index is 11.7. The summed E-state index contributed by atoms with van der Waals surface area (Å²) in [5.41, 5.74) is -1.33. The van der Waals surface area contributed by atoms with Crippen molar-refractivity contribution in [2.24, 2.45) is 5.92 Å². The molecule has 0 aliphatic rings. The van der Waals surface area contributed by atoms with Crippen molar-refractivity contribution in [3.05, 3.63) is 22.4 Å². The zero-order valence-corrected chi connectivity index (χ0v) is 11.0. The number of hydrogen-bond donors (Lipinski definition) is 2. The summed E-state index contributed by atoms with van der Waals surface area (Å²) in [4.78, 5) is 12.8. The van der Waals surface area contributed by atoms with Gasteiger partial charge in [-0.3, -0.25) is 4.79 Å². The fraction of sp³-hybridized carbons (Fsp3) is 0.583. The lowest BCUT2D eigenvalue weighted by atomic mass is 10.0. The number of amides is 1. The van der Waals surface area contributed by atoms with Gasteiger partial charge in [0.1, 0.15) is 5.60 Å². The Balaban J connectivity index is 2.78. The van der Waals surface area contributed by atoms with Crippen LogP contribution in [0, 0.1) is 5.92 Å². The van der Waals surface area contributed by atoms with Crippen molar-refractivity contribution >= 4 is 17.2 Å². The summed E-state index contributed by atoms with van der Waals surface area (Å²) in [6, 6.07) is 3.94. The van der Waals surface area contributed by atoms with E-state index in [0.29, 0.717) is 5.92 Å². The molecule has 0 spiro atoms. The lowest BCUT2D eigenvalue weighted by Crippen LogP contribution is -2.44. The van der Waals surface area contributed by atoms with E-state index >= 15 is 0 Å². The Morgan fingerprint density at radius 3 is 2.50 bits per heavy atom. The molecule has 0 radical (unpaired) electrons. The van der Waals surface area contributed by atoms with Gasteiger partial charge in [-0.05, 0) is 31.2 Å². The molecular weight excluding hydrogens is 222 g/mol. The molecule has 2 N–H and O–H groups in total. The number of nitrogens with one attached hydrogen (secondary N) is 1. The van der Waals surface area contributed by atoms with Crippen LogP contribution >= 0.6 is 11.3 Å². The molecule has 1 rings (SSSR count). The van der Waals surface area contributed by atoms with Crippen molar-refractivity contribution < 1.29 is 9.90 Å².